The zero-order chi connectivity index (χ0) is 14.2. The van der Waals surface area contributed by atoms with Crippen LogP contribution in [-0.2, 0) is 0 Å². The summed E-state index contributed by atoms with van der Waals surface area (Å²) in [5, 5.41) is 0. The highest BCUT2D eigenvalue weighted by atomic mass is 79.9. The Morgan fingerprint density at radius 2 is 1.42 bits per heavy atom. The quantitative estimate of drug-likeness (QED) is 0.376. The van der Waals surface area contributed by atoms with Gasteiger partial charge in [0.15, 0.2) is 0 Å². The van der Waals surface area contributed by atoms with Gasteiger partial charge < -0.3 is 0 Å². The molecule has 0 fully saturated rings. The van der Waals surface area contributed by atoms with Gasteiger partial charge in [-0.3, -0.25) is 0 Å². The fraction of sp³-hybridized carbons (Fsp3) is 0.0769. The Balaban J connectivity index is 2.52. The summed E-state index contributed by atoms with van der Waals surface area (Å²) in [6, 6.07) is 6.39. The number of halogens is 6. The normalized spacial score (nSPS) is 12.5. The Hall–Kier alpha value is -0.330. The van der Waals surface area contributed by atoms with E-state index in [4.69, 9.17) is 0 Å². The van der Waals surface area contributed by atoms with Gasteiger partial charge in [-0.2, -0.15) is 0 Å². The van der Waals surface area contributed by atoms with Gasteiger partial charge in [-0.15, -0.1) is 0 Å². The van der Waals surface area contributed by atoms with E-state index >= 15 is 0 Å². The van der Waals surface area contributed by atoms with Crippen molar-refractivity contribution in [3.05, 3.63) is 67.9 Å². The number of alkyl halides is 1. The Bertz CT molecular complexity index is 629. The third-order valence-corrected chi connectivity index (χ3v) is 4.63. The van der Waals surface area contributed by atoms with Crippen LogP contribution in [0.4, 0.5) is 13.2 Å². The minimum absolute atomic E-state index is 0.0307. The molecule has 0 aliphatic carbocycles. The number of benzene rings is 2. The maximum atomic E-state index is 13.8. The third-order valence-electron chi connectivity index (χ3n) is 2.54. The van der Waals surface area contributed by atoms with Gasteiger partial charge in [0.1, 0.15) is 17.5 Å². The summed E-state index contributed by atoms with van der Waals surface area (Å²) in [5.41, 5.74) is 0.271. The summed E-state index contributed by atoms with van der Waals surface area (Å²) in [6.07, 6.45) is 0. The Morgan fingerprint density at radius 3 is 2.11 bits per heavy atom. The Kier molecular flexibility index (Phi) is 4.74. The zero-order valence-corrected chi connectivity index (χ0v) is 14.0. The lowest BCUT2D eigenvalue weighted by Crippen LogP contribution is -2.01. The lowest BCUT2D eigenvalue weighted by molar-refractivity contribution is 0.577. The molecule has 0 saturated carbocycles. The molecule has 2 rings (SSSR count). The third kappa shape index (κ3) is 3.23. The second-order valence-corrected chi connectivity index (χ2v) is 6.50. The number of rotatable bonds is 2. The molecule has 6 heteroatoms. The molecule has 0 radical (unpaired) electrons. The molecule has 0 aliphatic rings. The standard InChI is InChI=1S/C13H6Br3F3/c14-6-1-2-10(17)7(3-6)13(16)8-4-12(19)9(15)5-11(8)18/h1-5,13H. The van der Waals surface area contributed by atoms with Gasteiger partial charge in [0.2, 0.25) is 0 Å². The van der Waals surface area contributed by atoms with Gasteiger partial charge in [0.25, 0.3) is 0 Å². The van der Waals surface area contributed by atoms with E-state index in [2.05, 4.69) is 47.8 Å². The highest BCUT2D eigenvalue weighted by Crippen LogP contribution is 2.36. The van der Waals surface area contributed by atoms with Crippen LogP contribution in [0.5, 0.6) is 0 Å². The van der Waals surface area contributed by atoms with E-state index in [1.54, 1.807) is 0 Å². The molecule has 1 atom stereocenters. The van der Waals surface area contributed by atoms with Crippen molar-refractivity contribution in [2.75, 3.05) is 0 Å². The van der Waals surface area contributed by atoms with E-state index < -0.39 is 22.3 Å². The van der Waals surface area contributed by atoms with Crippen molar-refractivity contribution >= 4 is 47.8 Å². The zero-order valence-electron chi connectivity index (χ0n) is 9.23. The van der Waals surface area contributed by atoms with Crippen molar-refractivity contribution in [3.8, 4) is 0 Å². The fourth-order valence-electron chi connectivity index (χ4n) is 1.61. The summed E-state index contributed by atoms with van der Waals surface area (Å²) in [4.78, 5) is -0.771. The van der Waals surface area contributed by atoms with Crippen molar-refractivity contribution < 1.29 is 13.2 Å². The second-order valence-electron chi connectivity index (χ2n) is 3.82. The van der Waals surface area contributed by atoms with Crippen molar-refractivity contribution in [2.45, 2.75) is 4.83 Å². The first-order valence-electron chi connectivity index (χ1n) is 5.13. The SMILES string of the molecule is Fc1cc(C(Br)c2cc(Br)ccc2F)c(F)cc1Br. The van der Waals surface area contributed by atoms with Crippen LogP contribution in [0.25, 0.3) is 0 Å². The van der Waals surface area contributed by atoms with E-state index in [1.807, 2.05) is 0 Å². The molecule has 0 aromatic heterocycles. The smallest absolute Gasteiger partial charge is 0.137 e. The summed E-state index contributed by atoms with van der Waals surface area (Å²) >= 11 is 9.32. The minimum atomic E-state index is -0.771. The molecule has 0 saturated heterocycles. The molecule has 0 amide bonds. The van der Waals surface area contributed by atoms with Gasteiger partial charge in [0.05, 0.1) is 9.30 Å². The average Bonchev–Trinajstić information content (AvgIpc) is 2.36. The molecule has 1 unspecified atom stereocenters. The molecule has 19 heavy (non-hydrogen) atoms. The molecule has 0 spiro atoms. The second kappa shape index (κ2) is 5.97. The van der Waals surface area contributed by atoms with Gasteiger partial charge in [-0.05, 0) is 46.3 Å². The van der Waals surface area contributed by atoms with E-state index in [0.717, 1.165) is 12.1 Å². The van der Waals surface area contributed by atoms with Crippen LogP contribution in [0.2, 0.25) is 0 Å². The lowest BCUT2D eigenvalue weighted by Gasteiger charge is -2.14. The molecule has 100 valence electrons. The molecule has 0 aliphatic heterocycles. The number of hydrogen-bond donors (Lipinski definition) is 0. The van der Waals surface area contributed by atoms with Crippen molar-refractivity contribution in [3.63, 3.8) is 0 Å². The molecule has 0 bridgehead atoms. The molecule has 0 heterocycles. The first-order chi connectivity index (χ1) is 8.90. The maximum absolute atomic E-state index is 13.8. The van der Waals surface area contributed by atoms with Crippen LogP contribution < -0.4 is 0 Å². The summed E-state index contributed by atoms with van der Waals surface area (Å²) in [5.74, 6) is -1.71. The topological polar surface area (TPSA) is 0 Å². The van der Waals surface area contributed by atoms with Crippen molar-refractivity contribution in [1.82, 2.24) is 0 Å². The van der Waals surface area contributed by atoms with Crippen LogP contribution in [0.3, 0.4) is 0 Å². The van der Waals surface area contributed by atoms with Gasteiger partial charge in [0, 0.05) is 15.6 Å². The monoisotopic (exact) mass is 456 g/mol. The summed E-state index contributed by atoms with van der Waals surface area (Å²) < 4.78 is 41.7. The van der Waals surface area contributed by atoms with Gasteiger partial charge in [-0.25, -0.2) is 13.2 Å². The van der Waals surface area contributed by atoms with E-state index in [-0.39, 0.29) is 15.6 Å². The van der Waals surface area contributed by atoms with E-state index in [0.29, 0.717) is 4.47 Å². The average molecular weight is 459 g/mol. The van der Waals surface area contributed by atoms with E-state index in [9.17, 15) is 13.2 Å². The van der Waals surface area contributed by atoms with Gasteiger partial charge in [-0.1, -0.05) is 31.9 Å². The first kappa shape index (κ1) is 15.1. The first-order valence-corrected chi connectivity index (χ1v) is 7.63. The molecule has 0 N–H and O–H groups in total. The molecule has 2 aromatic rings. The Morgan fingerprint density at radius 1 is 0.789 bits per heavy atom. The molecular weight excluding hydrogens is 453 g/mol. The fourth-order valence-corrected chi connectivity index (χ4v) is 3.00. The molecule has 0 nitrogen and oxygen atoms in total. The van der Waals surface area contributed by atoms with Crippen LogP contribution >= 0.6 is 47.8 Å². The lowest BCUT2D eigenvalue weighted by atomic mass is 10.0. The largest absolute Gasteiger partial charge is 0.207 e. The number of hydrogen-bond acceptors (Lipinski definition) is 0. The highest BCUT2D eigenvalue weighted by molar-refractivity contribution is 9.10. The predicted octanol–water partition coefficient (Wildman–Crippen LogP) is 6.11. The van der Waals surface area contributed by atoms with Crippen LogP contribution in [-0.4, -0.2) is 0 Å². The highest BCUT2D eigenvalue weighted by Gasteiger charge is 2.20. The summed E-state index contributed by atoms with van der Waals surface area (Å²) in [7, 11) is 0. The van der Waals surface area contributed by atoms with Crippen LogP contribution in [0.1, 0.15) is 16.0 Å². The molecule has 2 aromatic carbocycles. The Labute approximate surface area is 133 Å². The van der Waals surface area contributed by atoms with Crippen LogP contribution in [0.15, 0.2) is 39.3 Å². The van der Waals surface area contributed by atoms with E-state index in [1.165, 1.54) is 18.2 Å². The minimum Gasteiger partial charge on any atom is -0.207 e. The van der Waals surface area contributed by atoms with Crippen LogP contribution in [0, 0.1) is 17.5 Å². The summed E-state index contributed by atoms with van der Waals surface area (Å²) in [6.45, 7) is 0. The van der Waals surface area contributed by atoms with Crippen molar-refractivity contribution in [1.29, 1.82) is 0 Å². The predicted molar refractivity (Wildman–Crippen MR) is 78.9 cm³/mol. The van der Waals surface area contributed by atoms with Gasteiger partial charge >= 0.3 is 0 Å². The van der Waals surface area contributed by atoms with Crippen molar-refractivity contribution in [2.24, 2.45) is 0 Å². The maximum Gasteiger partial charge on any atom is 0.137 e. The molecular formula is C13H6Br3F3.